The lowest BCUT2D eigenvalue weighted by molar-refractivity contribution is 0.619. The molecule has 2 aromatic heterocycles. The van der Waals surface area contributed by atoms with Gasteiger partial charge in [-0.05, 0) is 48.4 Å². The van der Waals surface area contributed by atoms with Gasteiger partial charge in [-0.25, -0.2) is 14.4 Å². The van der Waals surface area contributed by atoms with Crippen molar-refractivity contribution in [3.63, 3.8) is 0 Å². The fourth-order valence-corrected chi connectivity index (χ4v) is 4.08. The largest absolute Gasteiger partial charge is 0.375 e. The summed E-state index contributed by atoms with van der Waals surface area (Å²) < 4.78 is 14.7. The number of nitrogens with zero attached hydrogens (tertiary/aromatic N) is 2. The minimum atomic E-state index is -0.218. The Morgan fingerprint density at radius 2 is 1.91 bits per heavy atom. The van der Waals surface area contributed by atoms with Crippen molar-refractivity contribution in [2.45, 2.75) is 6.92 Å². The lowest BCUT2D eigenvalue weighted by Crippen LogP contribution is -1.87. The van der Waals surface area contributed by atoms with E-state index >= 15 is 0 Å². The quantitative estimate of drug-likeness (QED) is 0.551. The standard InChI is InChI=1S/C17H12FN3S2/c1-9-6-10(2-4-12(9)18)15-16(23-17(19)21-15)11-3-5-13-14(7-11)22-8-20-13/h2-8H,1H3,(H2,19,21). The topological polar surface area (TPSA) is 51.8 Å². The third-order valence-corrected chi connectivity index (χ3v) is 5.39. The van der Waals surface area contributed by atoms with Crippen molar-refractivity contribution in [3.8, 4) is 21.7 Å². The number of nitrogen functional groups attached to an aromatic ring is 1. The van der Waals surface area contributed by atoms with Crippen LogP contribution in [-0.2, 0) is 0 Å². The summed E-state index contributed by atoms with van der Waals surface area (Å²) in [7, 11) is 0. The fraction of sp³-hybridized carbons (Fsp3) is 0.0588. The maximum atomic E-state index is 13.5. The monoisotopic (exact) mass is 341 g/mol. The third-order valence-electron chi connectivity index (χ3n) is 3.67. The molecule has 3 nitrogen and oxygen atoms in total. The van der Waals surface area contributed by atoms with E-state index in [1.54, 1.807) is 30.4 Å². The van der Waals surface area contributed by atoms with Crippen LogP contribution < -0.4 is 5.73 Å². The third kappa shape index (κ3) is 2.50. The molecule has 0 saturated heterocycles. The zero-order valence-electron chi connectivity index (χ0n) is 12.2. The van der Waals surface area contributed by atoms with Crippen LogP contribution in [0.4, 0.5) is 9.52 Å². The van der Waals surface area contributed by atoms with E-state index in [2.05, 4.69) is 16.0 Å². The van der Waals surface area contributed by atoms with Crippen molar-refractivity contribution < 1.29 is 4.39 Å². The van der Waals surface area contributed by atoms with Crippen molar-refractivity contribution in [2.75, 3.05) is 5.73 Å². The number of hydrogen-bond donors (Lipinski definition) is 1. The van der Waals surface area contributed by atoms with Gasteiger partial charge in [-0.15, -0.1) is 11.3 Å². The van der Waals surface area contributed by atoms with E-state index in [9.17, 15) is 4.39 Å². The Bertz CT molecular complexity index is 1020. The smallest absolute Gasteiger partial charge is 0.181 e. The van der Waals surface area contributed by atoms with Crippen molar-refractivity contribution >= 4 is 38.0 Å². The number of fused-ring (bicyclic) bond motifs is 1. The SMILES string of the molecule is Cc1cc(-c2nc(N)sc2-c2ccc3ncsc3c2)ccc1F. The number of anilines is 1. The number of nitrogens with two attached hydrogens (primary N) is 1. The number of aromatic nitrogens is 2. The molecule has 0 aliphatic carbocycles. The normalized spacial score (nSPS) is 11.2. The summed E-state index contributed by atoms with van der Waals surface area (Å²) in [6.07, 6.45) is 0. The van der Waals surface area contributed by atoms with Gasteiger partial charge in [0, 0.05) is 5.56 Å². The first-order valence-corrected chi connectivity index (χ1v) is 8.68. The zero-order chi connectivity index (χ0) is 16.0. The Morgan fingerprint density at radius 1 is 1.09 bits per heavy atom. The highest BCUT2D eigenvalue weighted by Gasteiger charge is 2.15. The summed E-state index contributed by atoms with van der Waals surface area (Å²) in [4.78, 5) is 9.75. The summed E-state index contributed by atoms with van der Waals surface area (Å²) in [5, 5.41) is 0.501. The van der Waals surface area contributed by atoms with Gasteiger partial charge in [-0.2, -0.15) is 0 Å². The van der Waals surface area contributed by atoms with Gasteiger partial charge in [0.15, 0.2) is 5.13 Å². The van der Waals surface area contributed by atoms with Gasteiger partial charge in [0.25, 0.3) is 0 Å². The van der Waals surface area contributed by atoms with E-state index in [0.717, 1.165) is 31.9 Å². The number of halogens is 1. The Balaban J connectivity index is 1.90. The van der Waals surface area contributed by atoms with Crippen LogP contribution in [0.2, 0.25) is 0 Å². The maximum Gasteiger partial charge on any atom is 0.181 e. The molecular formula is C17H12FN3S2. The second-order valence-electron chi connectivity index (χ2n) is 5.23. The summed E-state index contributed by atoms with van der Waals surface area (Å²) in [6, 6.07) is 11.1. The Labute approximate surface area is 140 Å². The van der Waals surface area contributed by atoms with E-state index in [0.29, 0.717) is 10.7 Å². The number of thiazole rings is 2. The minimum Gasteiger partial charge on any atom is -0.375 e. The van der Waals surface area contributed by atoms with Crippen molar-refractivity contribution in [3.05, 3.63) is 53.3 Å². The van der Waals surface area contributed by atoms with Crippen LogP contribution in [0, 0.1) is 12.7 Å². The second kappa shape index (κ2) is 5.40. The molecule has 4 rings (SSSR count). The molecule has 2 aromatic carbocycles. The molecule has 114 valence electrons. The van der Waals surface area contributed by atoms with Crippen LogP contribution in [0.15, 0.2) is 41.9 Å². The predicted octanol–water partition coefficient (Wildman–Crippen LogP) is 5.12. The summed E-state index contributed by atoms with van der Waals surface area (Å²) in [5.41, 5.74) is 12.1. The van der Waals surface area contributed by atoms with E-state index < -0.39 is 0 Å². The summed E-state index contributed by atoms with van der Waals surface area (Å²) in [6.45, 7) is 1.75. The molecule has 0 atom stereocenters. The molecule has 0 radical (unpaired) electrons. The van der Waals surface area contributed by atoms with Gasteiger partial charge in [0.05, 0.1) is 26.3 Å². The van der Waals surface area contributed by atoms with Gasteiger partial charge in [0.1, 0.15) is 5.82 Å². The molecule has 0 saturated carbocycles. The van der Waals surface area contributed by atoms with Gasteiger partial charge in [-0.1, -0.05) is 17.4 Å². The molecule has 6 heteroatoms. The molecule has 0 amide bonds. The molecule has 0 aliphatic heterocycles. The van der Waals surface area contributed by atoms with Crippen LogP contribution in [0.25, 0.3) is 31.9 Å². The minimum absolute atomic E-state index is 0.218. The van der Waals surface area contributed by atoms with Crippen LogP contribution in [-0.4, -0.2) is 9.97 Å². The van der Waals surface area contributed by atoms with E-state index in [1.807, 2.05) is 17.6 Å². The van der Waals surface area contributed by atoms with Crippen LogP contribution >= 0.6 is 22.7 Å². The Hall–Kier alpha value is -2.31. The highest BCUT2D eigenvalue weighted by molar-refractivity contribution is 7.19. The average Bonchev–Trinajstić information content (AvgIpc) is 3.15. The predicted molar refractivity (Wildman–Crippen MR) is 95.3 cm³/mol. The van der Waals surface area contributed by atoms with Gasteiger partial charge < -0.3 is 5.73 Å². The molecular weight excluding hydrogens is 329 g/mol. The molecule has 2 heterocycles. The molecule has 0 bridgehead atoms. The van der Waals surface area contributed by atoms with E-state index in [4.69, 9.17) is 5.73 Å². The highest BCUT2D eigenvalue weighted by Crippen LogP contribution is 2.39. The molecule has 0 unspecified atom stereocenters. The molecule has 23 heavy (non-hydrogen) atoms. The van der Waals surface area contributed by atoms with Crippen molar-refractivity contribution in [1.82, 2.24) is 9.97 Å². The number of rotatable bonds is 2. The van der Waals surface area contributed by atoms with Crippen LogP contribution in [0.3, 0.4) is 0 Å². The summed E-state index contributed by atoms with van der Waals surface area (Å²) in [5.74, 6) is -0.218. The molecule has 4 aromatic rings. The van der Waals surface area contributed by atoms with Crippen molar-refractivity contribution in [2.24, 2.45) is 0 Å². The van der Waals surface area contributed by atoms with Gasteiger partial charge in [0.2, 0.25) is 0 Å². The molecule has 2 N–H and O–H groups in total. The first-order chi connectivity index (χ1) is 11.1. The Kier molecular flexibility index (Phi) is 3.36. The summed E-state index contributed by atoms with van der Waals surface area (Å²) >= 11 is 3.04. The zero-order valence-corrected chi connectivity index (χ0v) is 13.8. The van der Waals surface area contributed by atoms with Crippen LogP contribution in [0.1, 0.15) is 5.56 Å². The van der Waals surface area contributed by atoms with E-state index in [1.165, 1.54) is 17.4 Å². The van der Waals surface area contributed by atoms with Crippen LogP contribution in [0.5, 0.6) is 0 Å². The fourth-order valence-electron chi connectivity index (χ4n) is 2.52. The second-order valence-corrected chi connectivity index (χ2v) is 7.15. The lowest BCUT2D eigenvalue weighted by Gasteiger charge is -2.05. The van der Waals surface area contributed by atoms with Gasteiger partial charge in [-0.3, -0.25) is 0 Å². The molecule has 0 aliphatic rings. The molecule has 0 fully saturated rings. The lowest BCUT2D eigenvalue weighted by atomic mass is 10.0. The average molecular weight is 341 g/mol. The molecule has 0 spiro atoms. The first-order valence-electron chi connectivity index (χ1n) is 6.98. The number of benzene rings is 2. The first kappa shape index (κ1) is 14.3. The van der Waals surface area contributed by atoms with Gasteiger partial charge >= 0.3 is 0 Å². The maximum absolute atomic E-state index is 13.5. The van der Waals surface area contributed by atoms with E-state index in [-0.39, 0.29) is 5.82 Å². The highest BCUT2D eigenvalue weighted by atomic mass is 32.1. The number of aryl methyl sites for hydroxylation is 1. The number of hydrogen-bond acceptors (Lipinski definition) is 5. The van der Waals surface area contributed by atoms with Crippen molar-refractivity contribution in [1.29, 1.82) is 0 Å². The Morgan fingerprint density at radius 3 is 2.74 bits per heavy atom.